The van der Waals surface area contributed by atoms with E-state index in [9.17, 15) is 10.1 Å². The second-order valence-electron chi connectivity index (χ2n) is 4.03. The maximum Gasteiger partial charge on any atom is 0.349 e. The van der Waals surface area contributed by atoms with Gasteiger partial charge in [0, 0.05) is 13.2 Å². The van der Waals surface area contributed by atoms with E-state index in [0.29, 0.717) is 25.7 Å². The van der Waals surface area contributed by atoms with Crippen molar-refractivity contribution in [3.8, 4) is 5.88 Å². The van der Waals surface area contributed by atoms with Crippen LogP contribution in [-0.2, 0) is 4.74 Å². The van der Waals surface area contributed by atoms with Crippen LogP contribution >= 0.6 is 0 Å². The molecule has 0 radical (unpaired) electrons. The molecule has 0 aromatic carbocycles. The van der Waals surface area contributed by atoms with Gasteiger partial charge in [0.25, 0.3) is 5.88 Å². The third kappa shape index (κ3) is 5.35. The Hall–Kier alpha value is -1.96. The van der Waals surface area contributed by atoms with Gasteiger partial charge in [0.15, 0.2) is 0 Å². The van der Waals surface area contributed by atoms with Crippen molar-refractivity contribution in [2.24, 2.45) is 0 Å². The summed E-state index contributed by atoms with van der Waals surface area (Å²) >= 11 is 0. The number of rotatable bonds is 10. The van der Waals surface area contributed by atoms with E-state index in [4.69, 9.17) is 9.47 Å². The summed E-state index contributed by atoms with van der Waals surface area (Å²) in [6.07, 6.45) is 2.97. The Morgan fingerprint density at radius 2 is 2.10 bits per heavy atom. The fraction of sp³-hybridized carbons (Fsp3) is 0.667. The van der Waals surface area contributed by atoms with Crippen LogP contribution in [0, 0.1) is 10.1 Å². The van der Waals surface area contributed by atoms with E-state index >= 15 is 0 Å². The molecular weight excluding hydrogens is 264 g/mol. The van der Waals surface area contributed by atoms with Crippen molar-refractivity contribution >= 4 is 11.6 Å². The number of ether oxygens (including phenoxy) is 2. The second kappa shape index (κ2) is 9.03. The van der Waals surface area contributed by atoms with Gasteiger partial charge in [0.05, 0.1) is 11.5 Å². The number of hydrogen-bond donors (Lipinski definition) is 1. The number of nitrogens with one attached hydrogen (secondary N) is 1. The third-order valence-electron chi connectivity index (χ3n) is 2.28. The molecule has 112 valence electrons. The third-order valence-corrected chi connectivity index (χ3v) is 2.28. The zero-order valence-corrected chi connectivity index (χ0v) is 11.8. The van der Waals surface area contributed by atoms with Crippen LogP contribution in [0.15, 0.2) is 6.20 Å². The Kier molecular flexibility index (Phi) is 7.26. The van der Waals surface area contributed by atoms with Gasteiger partial charge in [-0.3, -0.25) is 10.1 Å². The Morgan fingerprint density at radius 3 is 2.75 bits per heavy atom. The monoisotopic (exact) mass is 284 g/mol. The highest BCUT2D eigenvalue weighted by Crippen LogP contribution is 2.24. The van der Waals surface area contributed by atoms with Gasteiger partial charge in [0.2, 0.25) is 5.95 Å². The average molecular weight is 284 g/mol. The SMILES string of the molecule is CCCNc1ncc([N+](=O)[O-])c(OCCOCCC)n1. The quantitative estimate of drug-likeness (QED) is 0.398. The molecule has 0 unspecified atom stereocenters. The molecule has 0 saturated heterocycles. The molecule has 0 spiro atoms. The number of anilines is 1. The molecule has 0 bridgehead atoms. The Bertz CT molecular complexity index is 428. The van der Waals surface area contributed by atoms with Gasteiger partial charge < -0.3 is 14.8 Å². The van der Waals surface area contributed by atoms with E-state index in [1.54, 1.807) is 0 Å². The van der Waals surface area contributed by atoms with E-state index in [0.717, 1.165) is 19.0 Å². The highest BCUT2D eigenvalue weighted by molar-refractivity contribution is 5.43. The molecular formula is C12H20N4O4. The molecule has 1 aromatic rings. The molecule has 0 aliphatic heterocycles. The van der Waals surface area contributed by atoms with Crippen LogP contribution in [0.2, 0.25) is 0 Å². The normalized spacial score (nSPS) is 10.3. The van der Waals surface area contributed by atoms with Crippen molar-refractivity contribution in [1.29, 1.82) is 0 Å². The summed E-state index contributed by atoms with van der Waals surface area (Å²) < 4.78 is 10.6. The summed E-state index contributed by atoms with van der Waals surface area (Å²) in [5.41, 5.74) is -0.248. The maximum absolute atomic E-state index is 10.9. The van der Waals surface area contributed by atoms with Crippen LogP contribution in [0.1, 0.15) is 26.7 Å². The number of aromatic nitrogens is 2. The molecule has 1 heterocycles. The predicted molar refractivity (Wildman–Crippen MR) is 74.1 cm³/mol. The maximum atomic E-state index is 10.9. The zero-order chi connectivity index (χ0) is 14.8. The van der Waals surface area contributed by atoms with Crippen LogP contribution in [-0.4, -0.2) is 41.3 Å². The molecule has 0 atom stereocenters. The van der Waals surface area contributed by atoms with Gasteiger partial charge in [-0.05, 0) is 12.8 Å². The summed E-state index contributed by atoms with van der Waals surface area (Å²) in [5.74, 6) is 0.283. The van der Waals surface area contributed by atoms with Gasteiger partial charge in [0.1, 0.15) is 12.8 Å². The van der Waals surface area contributed by atoms with E-state index in [2.05, 4.69) is 15.3 Å². The molecule has 0 aliphatic carbocycles. The van der Waals surface area contributed by atoms with Crippen LogP contribution in [0.3, 0.4) is 0 Å². The van der Waals surface area contributed by atoms with E-state index in [-0.39, 0.29) is 18.2 Å². The predicted octanol–water partition coefficient (Wildman–Crippen LogP) is 2.01. The lowest BCUT2D eigenvalue weighted by Gasteiger charge is -2.08. The summed E-state index contributed by atoms with van der Waals surface area (Å²) in [6, 6.07) is 0. The minimum atomic E-state index is -0.564. The van der Waals surface area contributed by atoms with E-state index < -0.39 is 4.92 Å². The average Bonchev–Trinajstić information content (AvgIpc) is 2.44. The van der Waals surface area contributed by atoms with E-state index in [1.165, 1.54) is 0 Å². The van der Waals surface area contributed by atoms with Crippen molar-refractivity contribution in [2.45, 2.75) is 26.7 Å². The molecule has 0 fully saturated rings. The van der Waals surface area contributed by atoms with Crippen molar-refractivity contribution in [3.63, 3.8) is 0 Å². The lowest BCUT2D eigenvalue weighted by atomic mass is 10.5. The van der Waals surface area contributed by atoms with Crippen LogP contribution in [0.5, 0.6) is 5.88 Å². The van der Waals surface area contributed by atoms with Crippen LogP contribution < -0.4 is 10.1 Å². The molecule has 1 rings (SSSR count). The smallest absolute Gasteiger partial charge is 0.349 e. The summed E-state index contributed by atoms with van der Waals surface area (Å²) in [7, 11) is 0. The first-order chi connectivity index (χ1) is 9.69. The molecule has 1 aromatic heterocycles. The largest absolute Gasteiger partial charge is 0.470 e. The van der Waals surface area contributed by atoms with E-state index in [1.807, 2.05) is 13.8 Å². The Morgan fingerprint density at radius 1 is 1.30 bits per heavy atom. The molecule has 1 N–H and O–H groups in total. The number of nitro groups is 1. The Balaban J connectivity index is 2.65. The van der Waals surface area contributed by atoms with Gasteiger partial charge >= 0.3 is 5.69 Å². The minimum absolute atomic E-state index is 0.0382. The molecule has 8 heteroatoms. The molecule has 0 amide bonds. The van der Waals surface area contributed by atoms with Gasteiger partial charge in [-0.25, -0.2) is 4.98 Å². The van der Waals surface area contributed by atoms with Crippen LogP contribution in [0.25, 0.3) is 0 Å². The van der Waals surface area contributed by atoms with Crippen molar-refractivity contribution in [1.82, 2.24) is 9.97 Å². The summed E-state index contributed by atoms with van der Waals surface area (Å²) in [5, 5.41) is 13.8. The summed E-state index contributed by atoms with van der Waals surface area (Å²) in [4.78, 5) is 18.2. The highest BCUT2D eigenvalue weighted by atomic mass is 16.6. The van der Waals surface area contributed by atoms with Gasteiger partial charge in [-0.15, -0.1) is 0 Å². The number of nitrogens with zero attached hydrogens (tertiary/aromatic N) is 3. The molecule has 0 aliphatic rings. The molecule has 8 nitrogen and oxygen atoms in total. The first-order valence-corrected chi connectivity index (χ1v) is 6.64. The second-order valence-corrected chi connectivity index (χ2v) is 4.03. The fourth-order valence-corrected chi connectivity index (χ4v) is 1.36. The van der Waals surface area contributed by atoms with Gasteiger partial charge in [-0.1, -0.05) is 13.8 Å². The van der Waals surface area contributed by atoms with Gasteiger partial charge in [-0.2, -0.15) is 4.98 Å². The summed E-state index contributed by atoms with van der Waals surface area (Å²) in [6.45, 7) is 5.91. The van der Waals surface area contributed by atoms with Crippen molar-refractivity contribution in [2.75, 3.05) is 31.7 Å². The standard InChI is InChI=1S/C12H20N4O4/c1-3-5-13-12-14-9-10(16(17)18)11(15-12)20-8-7-19-6-4-2/h9H,3-8H2,1-2H3,(H,13,14,15). The zero-order valence-electron chi connectivity index (χ0n) is 11.8. The molecule has 0 saturated carbocycles. The minimum Gasteiger partial charge on any atom is -0.470 e. The van der Waals surface area contributed by atoms with Crippen LogP contribution in [0.4, 0.5) is 11.6 Å². The number of hydrogen-bond acceptors (Lipinski definition) is 7. The van der Waals surface area contributed by atoms with Crippen molar-refractivity contribution < 1.29 is 14.4 Å². The first kappa shape index (κ1) is 16.1. The molecule has 20 heavy (non-hydrogen) atoms. The van der Waals surface area contributed by atoms with Crippen molar-refractivity contribution in [3.05, 3.63) is 16.3 Å². The topological polar surface area (TPSA) is 99.4 Å². The first-order valence-electron chi connectivity index (χ1n) is 6.64. The Labute approximate surface area is 117 Å². The lowest BCUT2D eigenvalue weighted by Crippen LogP contribution is -2.11. The fourth-order valence-electron chi connectivity index (χ4n) is 1.36. The highest BCUT2D eigenvalue weighted by Gasteiger charge is 2.18. The lowest BCUT2D eigenvalue weighted by molar-refractivity contribution is -0.386.